The monoisotopic (exact) mass is 261 g/mol. The highest BCUT2D eigenvalue weighted by molar-refractivity contribution is 5.09. The molecule has 3 heteroatoms. The topological polar surface area (TPSA) is 42.2 Å². The molecule has 19 heavy (non-hydrogen) atoms. The van der Waals surface area contributed by atoms with Crippen LogP contribution >= 0.6 is 0 Å². The number of nitrogens with zero attached hydrogens (tertiary/aromatic N) is 2. The van der Waals surface area contributed by atoms with Crippen LogP contribution in [0.25, 0.3) is 0 Å². The summed E-state index contributed by atoms with van der Waals surface area (Å²) < 4.78 is 0. The molecular formula is C16H27N3. The molecule has 0 saturated heterocycles. The molecule has 1 saturated carbocycles. The van der Waals surface area contributed by atoms with Gasteiger partial charge in [0.2, 0.25) is 0 Å². The van der Waals surface area contributed by atoms with Gasteiger partial charge in [0.05, 0.1) is 0 Å². The maximum absolute atomic E-state index is 6.46. The van der Waals surface area contributed by atoms with Gasteiger partial charge in [0.1, 0.15) is 0 Å². The van der Waals surface area contributed by atoms with Gasteiger partial charge in [-0.2, -0.15) is 0 Å². The van der Waals surface area contributed by atoms with Crippen molar-refractivity contribution >= 4 is 0 Å². The summed E-state index contributed by atoms with van der Waals surface area (Å²) in [6.45, 7) is 6.69. The molecule has 2 rings (SSSR count). The Labute approximate surface area is 117 Å². The fourth-order valence-corrected chi connectivity index (χ4v) is 3.27. The molecule has 0 aliphatic heterocycles. The second-order valence-corrected chi connectivity index (χ2v) is 6.72. The Balaban J connectivity index is 1.90. The summed E-state index contributed by atoms with van der Waals surface area (Å²) in [6, 6.07) is 4.49. The molecule has 2 N–H and O–H groups in total. The highest BCUT2D eigenvalue weighted by Crippen LogP contribution is 2.37. The largest absolute Gasteiger partial charge is 0.327 e. The first-order chi connectivity index (χ1) is 8.99. The van der Waals surface area contributed by atoms with Crippen molar-refractivity contribution in [3.05, 3.63) is 30.1 Å². The van der Waals surface area contributed by atoms with Crippen LogP contribution in [0.1, 0.15) is 38.7 Å². The predicted molar refractivity (Wildman–Crippen MR) is 79.7 cm³/mol. The summed E-state index contributed by atoms with van der Waals surface area (Å²) >= 11 is 0. The fourth-order valence-electron chi connectivity index (χ4n) is 3.27. The van der Waals surface area contributed by atoms with Crippen molar-refractivity contribution in [1.29, 1.82) is 0 Å². The summed E-state index contributed by atoms with van der Waals surface area (Å²) in [5.41, 5.74) is 8.07. The Bertz CT molecular complexity index is 388. The first-order valence-electron chi connectivity index (χ1n) is 7.32. The first kappa shape index (κ1) is 14.5. The van der Waals surface area contributed by atoms with Crippen LogP contribution < -0.4 is 5.73 Å². The third-order valence-electron chi connectivity index (χ3n) is 4.55. The molecule has 3 nitrogen and oxygen atoms in total. The standard InChI is InChI=1S/C16H27N3/c1-16(2)8-4-5-14(15(16)17)12-19(3)11-13-6-9-18-10-7-13/h6-7,9-10,14-15H,4-5,8,11-12,17H2,1-3H3. The minimum atomic E-state index is 0.292. The van der Waals surface area contributed by atoms with Crippen molar-refractivity contribution in [3.63, 3.8) is 0 Å². The molecule has 106 valence electrons. The summed E-state index contributed by atoms with van der Waals surface area (Å²) in [5.74, 6) is 0.621. The lowest BCUT2D eigenvalue weighted by Gasteiger charge is -2.43. The summed E-state index contributed by atoms with van der Waals surface area (Å²) in [4.78, 5) is 6.45. The average Bonchev–Trinajstić information content (AvgIpc) is 2.36. The van der Waals surface area contributed by atoms with E-state index in [1.807, 2.05) is 12.4 Å². The third kappa shape index (κ3) is 3.77. The lowest BCUT2D eigenvalue weighted by atomic mass is 9.68. The van der Waals surface area contributed by atoms with E-state index in [1.54, 1.807) is 0 Å². The number of nitrogens with two attached hydrogens (primary N) is 1. The second kappa shape index (κ2) is 6.02. The van der Waals surface area contributed by atoms with Crippen molar-refractivity contribution in [2.24, 2.45) is 17.1 Å². The van der Waals surface area contributed by atoms with Crippen molar-refractivity contribution in [2.45, 2.75) is 45.7 Å². The molecule has 0 spiro atoms. The second-order valence-electron chi connectivity index (χ2n) is 6.72. The van der Waals surface area contributed by atoms with Crippen LogP contribution in [0, 0.1) is 11.3 Å². The van der Waals surface area contributed by atoms with E-state index in [1.165, 1.54) is 24.8 Å². The van der Waals surface area contributed by atoms with Crippen molar-refractivity contribution in [1.82, 2.24) is 9.88 Å². The molecule has 0 radical (unpaired) electrons. The quantitative estimate of drug-likeness (QED) is 0.906. The first-order valence-corrected chi connectivity index (χ1v) is 7.32. The van der Waals surface area contributed by atoms with Gasteiger partial charge >= 0.3 is 0 Å². The molecule has 2 atom stereocenters. The SMILES string of the molecule is CN(Cc1ccncc1)CC1CCCC(C)(C)C1N. The number of rotatable bonds is 4. The smallest absolute Gasteiger partial charge is 0.0271 e. The Morgan fingerprint density at radius 3 is 2.74 bits per heavy atom. The molecule has 1 aliphatic carbocycles. The van der Waals surface area contributed by atoms with Gasteiger partial charge in [-0.25, -0.2) is 0 Å². The van der Waals surface area contributed by atoms with Gasteiger partial charge in [-0.05, 0) is 48.9 Å². The minimum Gasteiger partial charge on any atom is -0.327 e. The van der Waals surface area contributed by atoms with E-state index in [0.29, 0.717) is 17.4 Å². The van der Waals surface area contributed by atoms with Gasteiger partial charge in [0.15, 0.2) is 0 Å². The molecule has 0 aromatic carbocycles. The Kier molecular flexibility index (Phi) is 4.58. The summed E-state index contributed by atoms with van der Waals surface area (Å²) in [7, 11) is 2.19. The van der Waals surface area contributed by atoms with E-state index in [2.05, 4.69) is 42.9 Å². The minimum absolute atomic E-state index is 0.292. The van der Waals surface area contributed by atoms with E-state index in [-0.39, 0.29) is 0 Å². The normalized spacial score (nSPS) is 26.6. The lowest BCUT2D eigenvalue weighted by molar-refractivity contribution is 0.109. The zero-order chi connectivity index (χ0) is 13.9. The van der Waals surface area contributed by atoms with Gasteiger partial charge < -0.3 is 10.6 Å². The van der Waals surface area contributed by atoms with Crippen LogP contribution in [0.5, 0.6) is 0 Å². The fraction of sp³-hybridized carbons (Fsp3) is 0.688. The number of pyridine rings is 1. The van der Waals surface area contributed by atoms with Crippen molar-refractivity contribution in [2.75, 3.05) is 13.6 Å². The Morgan fingerprint density at radius 1 is 1.37 bits per heavy atom. The highest BCUT2D eigenvalue weighted by Gasteiger charge is 2.36. The van der Waals surface area contributed by atoms with Crippen LogP contribution in [-0.4, -0.2) is 29.5 Å². The molecule has 0 bridgehead atoms. The molecule has 1 aromatic heterocycles. The van der Waals surface area contributed by atoms with Crippen LogP contribution in [0.4, 0.5) is 0 Å². The zero-order valence-corrected chi connectivity index (χ0v) is 12.5. The van der Waals surface area contributed by atoms with Crippen molar-refractivity contribution < 1.29 is 0 Å². The van der Waals surface area contributed by atoms with Crippen molar-refractivity contribution in [3.8, 4) is 0 Å². The van der Waals surface area contributed by atoms with E-state index in [9.17, 15) is 0 Å². The van der Waals surface area contributed by atoms with Gasteiger partial charge in [0, 0.05) is 31.5 Å². The number of hydrogen-bond acceptors (Lipinski definition) is 3. The van der Waals surface area contributed by atoms with Gasteiger partial charge in [-0.1, -0.05) is 20.3 Å². The Morgan fingerprint density at radius 2 is 2.05 bits per heavy atom. The van der Waals surface area contributed by atoms with E-state index >= 15 is 0 Å². The number of aromatic nitrogens is 1. The molecule has 2 unspecified atom stereocenters. The average molecular weight is 261 g/mol. The summed E-state index contributed by atoms with van der Waals surface area (Å²) in [5, 5.41) is 0. The maximum Gasteiger partial charge on any atom is 0.0271 e. The van der Waals surface area contributed by atoms with Crippen LogP contribution in [0.15, 0.2) is 24.5 Å². The van der Waals surface area contributed by atoms with Crippen LogP contribution in [0.2, 0.25) is 0 Å². The van der Waals surface area contributed by atoms with E-state index in [0.717, 1.165) is 13.1 Å². The molecular weight excluding hydrogens is 234 g/mol. The zero-order valence-electron chi connectivity index (χ0n) is 12.5. The molecule has 1 heterocycles. The van der Waals surface area contributed by atoms with E-state index in [4.69, 9.17) is 5.73 Å². The molecule has 1 aromatic rings. The predicted octanol–water partition coefficient (Wildman–Crippen LogP) is 2.67. The number of hydrogen-bond donors (Lipinski definition) is 1. The van der Waals surface area contributed by atoms with Gasteiger partial charge in [-0.3, -0.25) is 4.98 Å². The molecule has 0 amide bonds. The molecule has 1 aliphatic rings. The third-order valence-corrected chi connectivity index (χ3v) is 4.55. The Hall–Kier alpha value is -0.930. The van der Waals surface area contributed by atoms with Gasteiger partial charge in [0.25, 0.3) is 0 Å². The van der Waals surface area contributed by atoms with Crippen LogP contribution in [0.3, 0.4) is 0 Å². The van der Waals surface area contributed by atoms with E-state index < -0.39 is 0 Å². The van der Waals surface area contributed by atoms with Gasteiger partial charge in [-0.15, -0.1) is 0 Å². The van der Waals surface area contributed by atoms with Crippen LogP contribution in [-0.2, 0) is 6.54 Å². The maximum atomic E-state index is 6.46. The summed E-state index contributed by atoms with van der Waals surface area (Å²) in [6.07, 6.45) is 7.57. The lowest BCUT2D eigenvalue weighted by Crippen LogP contribution is -2.49. The highest BCUT2D eigenvalue weighted by atomic mass is 15.1. The molecule has 1 fully saturated rings.